The first kappa shape index (κ1) is 21.5. The van der Waals surface area contributed by atoms with Crippen molar-refractivity contribution in [3.05, 3.63) is 47.5 Å². The van der Waals surface area contributed by atoms with Gasteiger partial charge in [0, 0.05) is 17.4 Å². The van der Waals surface area contributed by atoms with E-state index >= 15 is 8.78 Å². The minimum Gasteiger partial charge on any atom is -0.453 e. The van der Waals surface area contributed by atoms with Crippen LogP contribution in [0.2, 0.25) is 0 Å². The number of anilines is 1. The highest BCUT2D eigenvalue weighted by atomic mass is 19.3. The molecule has 7 nitrogen and oxygen atoms in total. The van der Waals surface area contributed by atoms with Crippen LogP contribution in [0.15, 0.2) is 35.5 Å². The molecule has 1 aromatic heterocycles. The predicted octanol–water partition coefficient (Wildman–Crippen LogP) is 3.64. The summed E-state index contributed by atoms with van der Waals surface area (Å²) in [5.41, 5.74) is 0.0561. The minimum absolute atomic E-state index is 0.0712. The Kier molecular flexibility index (Phi) is 4.99. The van der Waals surface area contributed by atoms with Gasteiger partial charge in [0.2, 0.25) is 0 Å². The number of ether oxygens (including phenoxy) is 1. The van der Waals surface area contributed by atoms with E-state index in [0.717, 1.165) is 51.2 Å². The quantitative estimate of drug-likeness (QED) is 0.723. The van der Waals surface area contributed by atoms with Crippen molar-refractivity contribution in [2.45, 2.75) is 44.4 Å². The molecule has 1 aliphatic rings. The van der Waals surface area contributed by atoms with Gasteiger partial charge in [0.05, 0.1) is 0 Å². The zero-order valence-corrected chi connectivity index (χ0v) is 16.1. The number of amides is 1. The highest BCUT2D eigenvalue weighted by Crippen LogP contribution is 2.51. The summed E-state index contributed by atoms with van der Waals surface area (Å²) < 4.78 is 75.4. The molecule has 1 aromatic carbocycles. The fourth-order valence-corrected chi connectivity index (χ4v) is 3.19. The number of aliphatic imine (C=N–C) groups is 1. The van der Waals surface area contributed by atoms with Crippen molar-refractivity contribution < 1.29 is 31.5 Å². The van der Waals surface area contributed by atoms with Crippen LogP contribution in [0.5, 0.6) is 0 Å². The number of rotatable bonds is 4. The Labute approximate surface area is 167 Å². The van der Waals surface area contributed by atoms with Crippen LogP contribution in [-0.2, 0) is 10.3 Å². The molecule has 0 saturated carbocycles. The normalized spacial score (nSPS) is 22.4. The first-order valence-corrected chi connectivity index (χ1v) is 8.65. The zero-order valence-electron chi connectivity index (χ0n) is 16.1. The first-order valence-electron chi connectivity index (χ1n) is 8.65. The van der Waals surface area contributed by atoms with Crippen LogP contribution in [0.1, 0.15) is 43.4 Å². The average molecular weight is 431 g/mol. The fourth-order valence-electron chi connectivity index (χ4n) is 3.19. The molecule has 0 saturated heterocycles. The van der Waals surface area contributed by atoms with Crippen molar-refractivity contribution in [1.29, 1.82) is 0 Å². The van der Waals surface area contributed by atoms with Crippen molar-refractivity contribution in [2.24, 2.45) is 10.7 Å². The molecule has 3 rings (SSSR count). The molecule has 0 spiro atoms. The van der Waals surface area contributed by atoms with Gasteiger partial charge in [0.25, 0.3) is 11.9 Å². The maximum atomic E-state index is 15.2. The van der Waals surface area contributed by atoms with Crippen LogP contribution in [0.3, 0.4) is 0 Å². The van der Waals surface area contributed by atoms with E-state index in [2.05, 4.69) is 15.4 Å². The van der Waals surface area contributed by atoms with Crippen molar-refractivity contribution in [1.82, 2.24) is 9.78 Å². The van der Waals surface area contributed by atoms with Crippen LogP contribution < -0.4 is 11.1 Å². The molecule has 0 unspecified atom stereocenters. The van der Waals surface area contributed by atoms with Crippen molar-refractivity contribution >= 4 is 17.6 Å². The van der Waals surface area contributed by atoms with E-state index in [-0.39, 0.29) is 16.1 Å². The summed E-state index contributed by atoms with van der Waals surface area (Å²) in [5, 5.41) is 5.72. The molecule has 1 amide bonds. The van der Waals surface area contributed by atoms with Gasteiger partial charge in [0.15, 0.2) is 16.8 Å². The Bertz CT molecular complexity index is 1020. The van der Waals surface area contributed by atoms with Gasteiger partial charge in [-0.15, -0.1) is 0 Å². The second-order valence-corrected chi connectivity index (χ2v) is 7.32. The molecule has 2 aromatic rings. The van der Waals surface area contributed by atoms with Crippen LogP contribution in [-0.4, -0.2) is 33.2 Å². The van der Waals surface area contributed by atoms with Gasteiger partial charge in [-0.2, -0.15) is 22.7 Å². The lowest BCUT2D eigenvalue weighted by atomic mass is 9.77. The molecule has 2 heterocycles. The van der Waals surface area contributed by atoms with Gasteiger partial charge in [-0.25, -0.2) is 14.1 Å². The Morgan fingerprint density at radius 2 is 1.90 bits per heavy atom. The SMILES string of the molecule is CC1(C)OC(N)=N[C@](C)(c2cc(NC(=O)c3ccn(C(F)F)n3)ccc2F)C1(F)F. The van der Waals surface area contributed by atoms with Crippen LogP contribution in [0.4, 0.5) is 27.6 Å². The molecular formula is C18H18F5N5O2. The summed E-state index contributed by atoms with van der Waals surface area (Å²) in [6, 6.07) is 3.48. The van der Waals surface area contributed by atoms with Gasteiger partial charge in [0.1, 0.15) is 5.82 Å². The number of carbonyl (C=O) groups excluding carboxylic acids is 1. The molecule has 162 valence electrons. The van der Waals surface area contributed by atoms with Gasteiger partial charge in [-0.1, -0.05) is 0 Å². The molecule has 0 bridgehead atoms. The summed E-state index contributed by atoms with van der Waals surface area (Å²) >= 11 is 0. The van der Waals surface area contributed by atoms with E-state index in [1.54, 1.807) is 0 Å². The van der Waals surface area contributed by atoms with Gasteiger partial charge >= 0.3 is 12.5 Å². The smallest absolute Gasteiger partial charge is 0.333 e. The molecule has 30 heavy (non-hydrogen) atoms. The van der Waals surface area contributed by atoms with Crippen LogP contribution >= 0.6 is 0 Å². The molecule has 0 fully saturated rings. The minimum atomic E-state index is -3.69. The Hall–Kier alpha value is -3.18. The molecule has 0 aliphatic carbocycles. The number of hydrogen-bond donors (Lipinski definition) is 2. The Morgan fingerprint density at radius 3 is 2.50 bits per heavy atom. The molecule has 12 heteroatoms. The highest BCUT2D eigenvalue weighted by Gasteiger charge is 2.66. The molecular weight excluding hydrogens is 413 g/mol. The Balaban J connectivity index is 1.99. The number of benzene rings is 1. The fraction of sp³-hybridized carbons (Fsp3) is 0.389. The van der Waals surface area contributed by atoms with Gasteiger partial charge < -0.3 is 15.8 Å². The third kappa shape index (κ3) is 3.35. The monoisotopic (exact) mass is 431 g/mol. The molecule has 3 N–H and O–H groups in total. The number of aromatic nitrogens is 2. The third-order valence-corrected chi connectivity index (χ3v) is 4.85. The number of halogens is 5. The van der Waals surface area contributed by atoms with E-state index < -0.39 is 46.9 Å². The zero-order chi connectivity index (χ0) is 22.5. The van der Waals surface area contributed by atoms with Gasteiger partial charge in [-0.05, 0) is 45.0 Å². The third-order valence-electron chi connectivity index (χ3n) is 4.85. The second-order valence-electron chi connectivity index (χ2n) is 7.32. The second kappa shape index (κ2) is 6.96. The van der Waals surface area contributed by atoms with E-state index in [9.17, 15) is 18.0 Å². The molecule has 1 atom stereocenters. The van der Waals surface area contributed by atoms with Crippen molar-refractivity contribution in [3.8, 4) is 0 Å². The predicted molar refractivity (Wildman–Crippen MR) is 96.9 cm³/mol. The summed E-state index contributed by atoms with van der Waals surface area (Å²) in [5.74, 6) is -5.59. The molecule has 0 radical (unpaired) electrons. The summed E-state index contributed by atoms with van der Waals surface area (Å²) in [6.45, 7) is 0.246. The number of amidine groups is 1. The van der Waals surface area contributed by atoms with Crippen LogP contribution in [0.25, 0.3) is 0 Å². The first-order chi connectivity index (χ1) is 13.8. The largest absolute Gasteiger partial charge is 0.453 e. The van der Waals surface area contributed by atoms with E-state index in [4.69, 9.17) is 10.5 Å². The number of nitrogens with two attached hydrogens (primary N) is 1. The van der Waals surface area contributed by atoms with Crippen molar-refractivity contribution in [2.75, 3.05) is 5.32 Å². The number of nitrogens with zero attached hydrogens (tertiary/aromatic N) is 3. The standard InChI is InChI=1S/C18H18F5N5O2/c1-16(2)18(22,23)17(3,26-15(24)30-16)10-8-9(4-5-11(10)19)25-13(29)12-6-7-28(27-12)14(20)21/h4-8,14H,1-3H3,(H2,24,26)(H,25,29)/t17-/m1/s1. The maximum Gasteiger partial charge on any atom is 0.333 e. The number of alkyl halides is 4. The summed E-state index contributed by atoms with van der Waals surface area (Å²) in [6.07, 6.45) is 0.902. The highest BCUT2D eigenvalue weighted by molar-refractivity contribution is 6.02. The number of nitrogens with one attached hydrogen (secondary N) is 1. The van der Waals surface area contributed by atoms with E-state index in [0.29, 0.717) is 0 Å². The number of hydrogen-bond acceptors (Lipinski definition) is 5. The summed E-state index contributed by atoms with van der Waals surface area (Å²) in [7, 11) is 0. The Morgan fingerprint density at radius 1 is 1.23 bits per heavy atom. The van der Waals surface area contributed by atoms with E-state index in [1.165, 1.54) is 0 Å². The lowest BCUT2D eigenvalue weighted by Crippen LogP contribution is -2.62. The van der Waals surface area contributed by atoms with Crippen molar-refractivity contribution in [3.63, 3.8) is 0 Å². The summed E-state index contributed by atoms with van der Waals surface area (Å²) in [4.78, 5) is 15.9. The molecule has 1 aliphatic heterocycles. The lowest BCUT2D eigenvalue weighted by Gasteiger charge is -2.46. The number of carbonyl (C=O) groups is 1. The van der Waals surface area contributed by atoms with Gasteiger partial charge in [-0.3, -0.25) is 4.79 Å². The van der Waals surface area contributed by atoms with Crippen LogP contribution in [0, 0.1) is 5.82 Å². The average Bonchev–Trinajstić information content (AvgIpc) is 3.12. The van der Waals surface area contributed by atoms with E-state index in [1.807, 2.05) is 0 Å². The lowest BCUT2D eigenvalue weighted by molar-refractivity contribution is -0.207. The maximum absolute atomic E-state index is 15.2. The topological polar surface area (TPSA) is 94.5 Å².